The number of carboxylic acid groups (broad SMARTS) is 1. The van der Waals surface area contributed by atoms with E-state index < -0.39 is 11.9 Å². The third kappa shape index (κ3) is 3.88. The van der Waals surface area contributed by atoms with E-state index in [0.717, 1.165) is 11.1 Å². The van der Waals surface area contributed by atoms with Crippen LogP contribution in [0.4, 0.5) is 0 Å². The van der Waals surface area contributed by atoms with Gasteiger partial charge in [-0.25, -0.2) is 0 Å². The molecule has 0 fully saturated rings. The molecular weight excluding hydrogens is 304 g/mol. The molecule has 1 N–H and O–H groups in total. The first-order valence-corrected chi connectivity index (χ1v) is 8.00. The zero-order chi connectivity index (χ0) is 17.7. The molecule has 4 heteroatoms. The van der Waals surface area contributed by atoms with E-state index in [0.29, 0.717) is 29.4 Å². The Bertz CT molecular complexity index is 707. The lowest BCUT2D eigenvalue weighted by Gasteiger charge is -2.19. The first kappa shape index (κ1) is 17.9. The zero-order valence-corrected chi connectivity index (χ0v) is 14.6. The van der Waals surface area contributed by atoms with Crippen LogP contribution < -0.4 is 9.47 Å². The van der Waals surface area contributed by atoms with Crippen molar-refractivity contribution in [1.82, 2.24) is 0 Å². The summed E-state index contributed by atoms with van der Waals surface area (Å²) in [5, 5.41) is 9.80. The van der Waals surface area contributed by atoms with Gasteiger partial charge < -0.3 is 14.6 Å². The fourth-order valence-electron chi connectivity index (χ4n) is 2.81. The Kier molecular flexibility index (Phi) is 5.85. The number of rotatable bonds is 7. The maximum atomic E-state index is 12.0. The fraction of sp³-hybridized carbons (Fsp3) is 0.350. The second-order valence-electron chi connectivity index (χ2n) is 6.06. The summed E-state index contributed by atoms with van der Waals surface area (Å²) in [7, 11) is 3.16. The zero-order valence-electron chi connectivity index (χ0n) is 14.6. The Morgan fingerprint density at radius 3 is 2.29 bits per heavy atom. The number of carbonyl (C=O) groups is 1. The molecule has 1 unspecified atom stereocenters. The predicted molar refractivity (Wildman–Crippen MR) is 94.2 cm³/mol. The average molecular weight is 328 g/mol. The van der Waals surface area contributed by atoms with E-state index in [1.54, 1.807) is 14.2 Å². The summed E-state index contributed by atoms with van der Waals surface area (Å²) in [5.74, 6) is 0.0369. The van der Waals surface area contributed by atoms with Gasteiger partial charge in [-0.15, -0.1) is 0 Å². The van der Waals surface area contributed by atoms with Crippen molar-refractivity contribution < 1.29 is 19.4 Å². The third-order valence-corrected chi connectivity index (χ3v) is 4.21. The van der Waals surface area contributed by atoms with Crippen LogP contribution in [0.25, 0.3) is 0 Å². The van der Waals surface area contributed by atoms with Crippen molar-refractivity contribution in [2.45, 2.75) is 32.1 Å². The van der Waals surface area contributed by atoms with Crippen molar-refractivity contribution in [2.75, 3.05) is 14.2 Å². The number of methoxy groups -OCH3 is 2. The minimum Gasteiger partial charge on any atom is -0.496 e. The SMILES string of the molecule is COc1ccccc1CC(C(=O)O)c1cc(C(C)C)ccc1OC. The lowest BCUT2D eigenvalue weighted by molar-refractivity contribution is -0.138. The van der Waals surface area contributed by atoms with Crippen LogP contribution in [0.5, 0.6) is 11.5 Å². The van der Waals surface area contributed by atoms with E-state index in [-0.39, 0.29) is 0 Å². The van der Waals surface area contributed by atoms with E-state index in [4.69, 9.17) is 9.47 Å². The van der Waals surface area contributed by atoms with Crippen LogP contribution >= 0.6 is 0 Å². The summed E-state index contributed by atoms with van der Waals surface area (Å²) < 4.78 is 10.8. The number of benzene rings is 2. The fourth-order valence-corrected chi connectivity index (χ4v) is 2.81. The molecule has 0 saturated carbocycles. The highest BCUT2D eigenvalue weighted by atomic mass is 16.5. The van der Waals surface area contributed by atoms with Crippen molar-refractivity contribution >= 4 is 5.97 Å². The Balaban J connectivity index is 2.47. The van der Waals surface area contributed by atoms with E-state index in [9.17, 15) is 9.90 Å². The van der Waals surface area contributed by atoms with Crippen LogP contribution in [0.15, 0.2) is 42.5 Å². The first-order valence-electron chi connectivity index (χ1n) is 8.00. The van der Waals surface area contributed by atoms with E-state index >= 15 is 0 Å². The molecule has 0 radical (unpaired) electrons. The molecule has 2 aromatic rings. The molecule has 0 aliphatic rings. The van der Waals surface area contributed by atoms with Crippen molar-refractivity contribution in [3.05, 3.63) is 59.2 Å². The number of para-hydroxylation sites is 1. The summed E-state index contributed by atoms with van der Waals surface area (Å²) in [6.07, 6.45) is 0.344. The monoisotopic (exact) mass is 328 g/mol. The molecule has 0 saturated heterocycles. The minimum absolute atomic E-state index is 0.315. The van der Waals surface area contributed by atoms with Gasteiger partial charge in [0.2, 0.25) is 0 Å². The number of ether oxygens (including phenoxy) is 2. The normalized spacial score (nSPS) is 12.0. The number of aliphatic carboxylic acids is 1. The molecule has 2 rings (SSSR count). The van der Waals surface area contributed by atoms with Gasteiger partial charge in [0.25, 0.3) is 0 Å². The van der Waals surface area contributed by atoms with Crippen molar-refractivity contribution in [2.24, 2.45) is 0 Å². The lowest BCUT2D eigenvalue weighted by atomic mass is 9.88. The standard InChI is InChI=1S/C20H24O4/c1-13(2)14-9-10-19(24-4)16(11-14)17(20(21)22)12-15-7-5-6-8-18(15)23-3/h5-11,13,17H,12H2,1-4H3,(H,21,22). The van der Waals surface area contributed by atoms with Crippen LogP contribution in [-0.4, -0.2) is 25.3 Å². The molecule has 128 valence electrons. The average Bonchev–Trinajstić information content (AvgIpc) is 2.59. The van der Waals surface area contributed by atoms with E-state index in [2.05, 4.69) is 13.8 Å². The van der Waals surface area contributed by atoms with Crippen molar-refractivity contribution in [3.8, 4) is 11.5 Å². The van der Waals surface area contributed by atoms with Crippen LogP contribution in [0.1, 0.15) is 42.4 Å². The van der Waals surface area contributed by atoms with Gasteiger partial charge in [0.05, 0.1) is 20.1 Å². The van der Waals surface area contributed by atoms with Gasteiger partial charge in [0.15, 0.2) is 0 Å². The van der Waals surface area contributed by atoms with Gasteiger partial charge in [0, 0.05) is 5.56 Å². The highest BCUT2D eigenvalue weighted by Crippen LogP contribution is 2.34. The Hall–Kier alpha value is -2.49. The predicted octanol–water partition coefficient (Wildman–Crippen LogP) is 4.24. The number of hydrogen-bond donors (Lipinski definition) is 1. The minimum atomic E-state index is -0.875. The summed E-state index contributed by atoms with van der Waals surface area (Å²) >= 11 is 0. The largest absolute Gasteiger partial charge is 0.496 e. The van der Waals surface area contributed by atoms with E-state index in [1.807, 2.05) is 42.5 Å². The van der Waals surface area contributed by atoms with Crippen LogP contribution in [-0.2, 0) is 11.2 Å². The van der Waals surface area contributed by atoms with Gasteiger partial charge in [0.1, 0.15) is 11.5 Å². The second-order valence-corrected chi connectivity index (χ2v) is 6.06. The Morgan fingerprint density at radius 1 is 1.04 bits per heavy atom. The molecule has 0 amide bonds. The van der Waals surface area contributed by atoms with E-state index in [1.165, 1.54) is 0 Å². The molecule has 4 nitrogen and oxygen atoms in total. The van der Waals surface area contributed by atoms with Gasteiger partial charge in [-0.3, -0.25) is 4.79 Å². The molecule has 0 aliphatic carbocycles. The van der Waals surface area contributed by atoms with Crippen LogP contribution in [0.3, 0.4) is 0 Å². The van der Waals surface area contributed by atoms with Crippen molar-refractivity contribution in [3.63, 3.8) is 0 Å². The Labute approximate surface area is 143 Å². The molecule has 0 aromatic heterocycles. The maximum Gasteiger partial charge on any atom is 0.311 e. The van der Waals surface area contributed by atoms with Crippen LogP contribution in [0.2, 0.25) is 0 Å². The van der Waals surface area contributed by atoms with Crippen LogP contribution in [0, 0.1) is 0 Å². The topological polar surface area (TPSA) is 55.8 Å². The summed E-state index contributed by atoms with van der Waals surface area (Å²) in [4.78, 5) is 12.0. The molecule has 0 bridgehead atoms. The molecule has 2 aromatic carbocycles. The van der Waals surface area contributed by atoms with Gasteiger partial charge in [-0.2, -0.15) is 0 Å². The molecule has 0 spiro atoms. The number of hydrogen-bond acceptors (Lipinski definition) is 3. The molecular formula is C20H24O4. The Morgan fingerprint density at radius 2 is 1.71 bits per heavy atom. The van der Waals surface area contributed by atoms with Gasteiger partial charge in [-0.05, 0) is 35.6 Å². The quantitative estimate of drug-likeness (QED) is 0.826. The third-order valence-electron chi connectivity index (χ3n) is 4.21. The smallest absolute Gasteiger partial charge is 0.311 e. The van der Waals surface area contributed by atoms with Crippen molar-refractivity contribution in [1.29, 1.82) is 0 Å². The van der Waals surface area contributed by atoms with Gasteiger partial charge >= 0.3 is 5.97 Å². The summed E-state index contributed by atoms with van der Waals surface area (Å²) in [6.45, 7) is 4.17. The highest BCUT2D eigenvalue weighted by Gasteiger charge is 2.25. The molecule has 0 heterocycles. The molecule has 0 aliphatic heterocycles. The van der Waals surface area contributed by atoms with Gasteiger partial charge in [-0.1, -0.05) is 44.2 Å². The lowest BCUT2D eigenvalue weighted by Crippen LogP contribution is -2.16. The molecule has 1 atom stereocenters. The first-order chi connectivity index (χ1) is 11.5. The highest BCUT2D eigenvalue weighted by molar-refractivity contribution is 5.78. The summed E-state index contributed by atoms with van der Waals surface area (Å²) in [5.41, 5.74) is 2.66. The molecule has 24 heavy (non-hydrogen) atoms. The maximum absolute atomic E-state index is 12.0. The summed E-state index contributed by atoms with van der Waals surface area (Å²) in [6, 6.07) is 13.3. The number of carboxylic acids is 1. The second kappa shape index (κ2) is 7.86.